The molecule has 0 aliphatic rings. The highest BCUT2D eigenvalue weighted by Gasteiger charge is 2.13. The lowest BCUT2D eigenvalue weighted by atomic mass is 10.2. The lowest BCUT2D eigenvalue weighted by Gasteiger charge is -2.08. The van der Waals surface area contributed by atoms with Crippen molar-refractivity contribution in [3.8, 4) is 11.4 Å². The van der Waals surface area contributed by atoms with Crippen LogP contribution in [0.15, 0.2) is 41.1 Å². The van der Waals surface area contributed by atoms with Gasteiger partial charge in [-0.15, -0.1) is 0 Å². The molecule has 0 aliphatic carbocycles. The van der Waals surface area contributed by atoms with Crippen LogP contribution in [0, 0.1) is 13.8 Å². The highest BCUT2D eigenvalue weighted by atomic mass is 16.5. The van der Waals surface area contributed by atoms with Crippen LogP contribution in [0.4, 0.5) is 5.82 Å². The number of fused-ring (bicyclic) bond motifs is 1. The Morgan fingerprint density at radius 2 is 2.04 bits per heavy atom. The van der Waals surface area contributed by atoms with Gasteiger partial charge in [0.2, 0.25) is 0 Å². The molecule has 26 heavy (non-hydrogen) atoms. The zero-order chi connectivity index (χ0) is 18.1. The molecule has 0 radical (unpaired) electrons. The minimum atomic E-state index is 0.500. The predicted molar refractivity (Wildman–Crippen MR) is 98.9 cm³/mol. The first-order chi connectivity index (χ1) is 12.7. The summed E-state index contributed by atoms with van der Waals surface area (Å²) >= 11 is 0. The molecule has 0 fully saturated rings. The fourth-order valence-corrected chi connectivity index (χ4v) is 2.80. The summed E-state index contributed by atoms with van der Waals surface area (Å²) in [4.78, 5) is 8.98. The second kappa shape index (κ2) is 6.59. The Morgan fingerprint density at radius 3 is 2.81 bits per heavy atom. The molecular weight excluding hydrogens is 328 g/mol. The van der Waals surface area contributed by atoms with Crippen LogP contribution in [0.1, 0.15) is 29.6 Å². The molecule has 7 heteroatoms. The minimum absolute atomic E-state index is 0.500. The summed E-state index contributed by atoms with van der Waals surface area (Å²) < 4.78 is 7.29. The summed E-state index contributed by atoms with van der Waals surface area (Å²) in [6.45, 7) is 6.63. The van der Waals surface area contributed by atoms with Crippen molar-refractivity contribution in [1.82, 2.24) is 24.7 Å². The number of nitrogens with zero attached hydrogens (tertiary/aromatic N) is 5. The molecular formula is C19H20N6O. The van der Waals surface area contributed by atoms with Crippen molar-refractivity contribution in [2.45, 2.75) is 33.7 Å². The van der Waals surface area contributed by atoms with Gasteiger partial charge in [-0.3, -0.25) is 4.98 Å². The van der Waals surface area contributed by atoms with Crippen molar-refractivity contribution in [2.24, 2.45) is 0 Å². The molecule has 0 unspecified atom stereocenters. The van der Waals surface area contributed by atoms with Gasteiger partial charge in [0.25, 0.3) is 0 Å². The smallest absolute Gasteiger partial charge is 0.160 e. The molecule has 4 heterocycles. The van der Waals surface area contributed by atoms with Gasteiger partial charge < -0.3 is 9.84 Å². The fraction of sp³-hybridized carbons (Fsp3) is 0.263. The average molecular weight is 348 g/mol. The van der Waals surface area contributed by atoms with E-state index in [1.165, 1.54) is 0 Å². The van der Waals surface area contributed by atoms with Gasteiger partial charge in [-0.2, -0.15) is 9.61 Å². The van der Waals surface area contributed by atoms with Gasteiger partial charge in [-0.25, -0.2) is 4.98 Å². The van der Waals surface area contributed by atoms with E-state index in [9.17, 15) is 0 Å². The van der Waals surface area contributed by atoms with Gasteiger partial charge >= 0.3 is 0 Å². The Labute approximate surface area is 151 Å². The molecule has 0 bridgehead atoms. The van der Waals surface area contributed by atoms with E-state index in [2.05, 4.69) is 32.5 Å². The quantitative estimate of drug-likeness (QED) is 0.594. The molecule has 0 atom stereocenters. The topological polar surface area (TPSA) is 81.1 Å². The standard InChI is InChI=1S/C19H20N6O/c1-4-14-9-18(25-19(22-14)12(2)13(3)23-25)21-11-15-10-17(24-26-15)16-7-5-6-8-20-16/h5-10,21H,4,11H2,1-3H3. The van der Waals surface area contributed by atoms with E-state index in [1.54, 1.807) is 6.20 Å². The monoisotopic (exact) mass is 348 g/mol. The highest BCUT2D eigenvalue weighted by Crippen LogP contribution is 2.21. The van der Waals surface area contributed by atoms with Crippen LogP contribution < -0.4 is 5.32 Å². The van der Waals surface area contributed by atoms with Gasteiger partial charge in [-0.1, -0.05) is 18.1 Å². The number of rotatable bonds is 5. The summed E-state index contributed by atoms with van der Waals surface area (Å²) in [7, 11) is 0. The average Bonchev–Trinajstić information content (AvgIpc) is 3.26. The van der Waals surface area contributed by atoms with Crippen LogP contribution in [0.5, 0.6) is 0 Å². The van der Waals surface area contributed by atoms with Crippen molar-refractivity contribution in [3.05, 3.63) is 59.2 Å². The zero-order valence-electron chi connectivity index (χ0n) is 15.0. The maximum atomic E-state index is 5.44. The van der Waals surface area contributed by atoms with E-state index in [1.807, 2.05) is 48.7 Å². The predicted octanol–water partition coefficient (Wildman–Crippen LogP) is 3.57. The molecule has 4 aromatic rings. The SMILES string of the molecule is CCc1cc(NCc2cc(-c3ccccn3)no2)n2nc(C)c(C)c2n1. The molecule has 132 valence electrons. The number of aromatic nitrogens is 5. The molecule has 0 aromatic carbocycles. The summed E-state index contributed by atoms with van der Waals surface area (Å²) in [6, 6.07) is 9.63. The molecule has 0 saturated carbocycles. The van der Waals surface area contributed by atoms with E-state index in [0.29, 0.717) is 6.54 Å². The van der Waals surface area contributed by atoms with Gasteiger partial charge in [0.1, 0.15) is 11.5 Å². The Kier molecular flexibility index (Phi) is 4.12. The van der Waals surface area contributed by atoms with Crippen molar-refractivity contribution >= 4 is 11.5 Å². The van der Waals surface area contributed by atoms with Crippen LogP contribution in [0.2, 0.25) is 0 Å². The fourth-order valence-electron chi connectivity index (χ4n) is 2.80. The van der Waals surface area contributed by atoms with E-state index in [0.717, 1.165) is 52.0 Å². The maximum absolute atomic E-state index is 5.44. The Hall–Kier alpha value is -3.22. The van der Waals surface area contributed by atoms with E-state index >= 15 is 0 Å². The van der Waals surface area contributed by atoms with Crippen LogP contribution in [-0.2, 0) is 13.0 Å². The summed E-state index contributed by atoms with van der Waals surface area (Å²) in [5.74, 6) is 1.62. The first-order valence-corrected chi connectivity index (χ1v) is 8.62. The second-order valence-electron chi connectivity index (χ2n) is 6.18. The number of aryl methyl sites for hydroxylation is 3. The van der Waals surface area contributed by atoms with Gasteiger partial charge in [0.05, 0.1) is 17.9 Å². The van der Waals surface area contributed by atoms with Crippen molar-refractivity contribution in [3.63, 3.8) is 0 Å². The number of pyridine rings is 1. The normalized spacial score (nSPS) is 11.2. The van der Waals surface area contributed by atoms with Crippen molar-refractivity contribution in [1.29, 1.82) is 0 Å². The number of hydrogen-bond donors (Lipinski definition) is 1. The molecule has 0 amide bonds. The molecule has 4 aromatic heterocycles. The van der Waals surface area contributed by atoms with E-state index in [-0.39, 0.29) is 0 Å². The van der Waals surface area contributed by atoms with Gasteiger partial charge in [0, 0.05) is 29.6 Å². The third-order valence-corrected chi connectivity index (χ3v) is 4.40. The molecule has 0 spiro atoms. The Morgan fingerprint density at radius 1 is 1.15 bits per heavy atom. The summed E-state index contributed by atoms with van der Waals surface area (Å²) in [5.41, 5.74) is 5.50. The van der Waals surface area contributed by atoms with Crippen LogP contribution in [0.3, 0.4) is 0 Å². The lowest BCUT2D eigenvalue weighted by molar-refractivity contribution is 0.389. The molecule has 4 rings (SSSR count). The molecule has 7 nitrogen and oxygen atoms in total. The first kappa shape index (κ1) is 16.3. The Bertz CT molecular complexity index is 1050. The number of anilines is 1. The van der Waals surface area contributed by atoms with E-state index in [4.69, 9.17) is 4.52 Å². The lowest BCUT2D eigenvalue weighted by Crippen LogP contribution is -2.07. The van der Waals surface area contributed by atoms with Gasteiger partial charge in [-0.05, 0) is 32.4 Å². The van der Waals surface area contributed by atoms with Gasteiger partial charge in [0.15, 0.2) is 11.4 Å². The minimum Gasteiger partial charge on any atom is -0.363 e. The first-order valence-electron chi connectivity index (χ1n) is 8.62. The largest absolute Gasteiger partial charge is 0.363 e. The van der Waals surface area contributed by atoms with Crippen molar-refractivity contribution < 1.29 is 4.52 Å². The number of nitrogens with one attached hydrogen (secondary N) is 1. The van der Waals surface area contributed by atoms with Crippen LogP contribution >= 0.6 is 0 Å². The third kappa shape index (κ3) is 2.92. The second-order valence-corrected chi connectivity index (χ2v) is 6.18. The van der Waals surface area contributed by atoms with Crippen molar-refractivity contribution in [2.75, 3.05) is 5.32 Å². The number of hydrogen-bond acceptors (Lipinski definition) is 6. The highest BCUT2D eigenvalue weighted by molar-refractivity contribution is 5.56. The molecule has 1 N–H and O–H groups in total. The molecule has 0 saturated heterocycles. The van der Waals surface area contributed by atoms with Crippen LogP contribution in [-0.4, -0.2) is 24.7 Å². The maximum Gasteiger partial charge on any atom is 0.160 e. The Balaban J connectivity index is 1.60. The van der Waals surface area contributed by atoms with Crippen LogP contribution in [0.25, 0.3) is 17.0 Å². The summed E-state index contributed by atoms with van der Waals surface area (Å²) in [5, 5.41) is 12.1. The zero-order valence-corrected chi connectivity index (χ0v) is 15.0. The van der Waals surface area contributed by atoms with E-state index < -0.39 is 0 Å². The molecule has 0 aliphatic heterocycles. The third-order valence-electron chi connectivity index (χ3n) is 4.40. The summed E-state index contributed by atoms with van der Waals surface area (Å²) in [6.07, 6.45) is 2.60.